The Morgan fingerprint density at radius 3 is 2.92 bits per heavy atom. The van der Waals surface area contributed by atoms with Crippen LogP contribution in [0, 0.1) is 0 Å². The van der Waals surface area contributed by atoms with Gasteiger partial charge in [0.1, 0.15) is 5.02 Å². The predicted octanol–water partition coefficient (Wildman–Crippen LogP) is 1.40. The fourth-order valence-electron chi connectivity index (χ4n) is 2.64. The number of carbonyl (C=O) groups is 2. The van der Waals surface area contributed by atoms with Crippen molar-refractivity contribution >= 4 is 34.8 Å². The molecule has 0 aliphatic carbocycles. The summed E-state index contributed by atoms with van der Waals surface area (Å²) in [6, 6.07) is 7.71. The molecule has 0 radical (unpaired) electrons. The molecule has 0 bridgehead atoms. The van der Waals surface area contributed by atoms with Crippen LogP contribution in [0.3, 0.4) is 0 Å². The molecule has 2 amide bonds. The summed E-state index contributed by atoms with van der Waals surface area (Å²) in [5.74, 6) is -0.844. The van der Waals surface area contributed by atoms with E-state index in [1.165, 1.54) is 12.3 Å². The molecule has 8 nitrogen and oxygen atoms in total. The van der Waals surface area contributed by atoms with Gasteiger partial charge in [0.05, 0.1) is 11.9 Å². The van der Waals surface area contributed by atoms with Gasteiger partial charge in [-0.05, 0) is 24.5 Å². The molecule has 0 spiro atoms. The first kappa shape index (κ1) is 17.7. The topological polar surface area (TPSA) is 107 Å². The van der Waals surface area contributed by atoms with Gasteiger partial charge in [-0.2, -0.15) is 5.10 Å². The van der Waals surface area contributed by atoms with Gasteiger partial charge in [0.15, 0.2) is 0 Å². The number of hydrogen-bond acceptors (Lipinski definition) is 5. The van der Waals surface area contributed by atoms with Gasteiger partial charge in [0.25, 0.3) is 17.4 Å². The second kappa shape index (κ2) is 7.83. The molecule has 26 heavy (non-hydrogen) atoms. The van der Waals surface area contributed by atoms with Crippen molar-refractivity contribution < 1.29 is 9.59 Å². The molecule has 0 fully saturated rings. The van der Waals surface area contributed by atoms with Crippen LogP contribution in [0.5, 0.6) is 0 Å². The maximum atomic E-state index is 12.4. The van der Waals surface area contributed by atoms with Crippen LogP contribution < -0.4 is 21.3 Å². The molecule has 0 atom stereocenters. The smallest absolute Gasteiger partial charge is 0.285 e. The first-order valence-electron chi connectivity index (χ1n) is 7.93. The Hall–Kier alpha value is -3.13. The number of rotatable bonds is 4. The third-order valence-electron chi connectivity index (χ3n) is 3.87. The molecule has 2 heterocycles. The van der Waals surface area contributed by atoms with Crippen LogP contribution >= 0.6 is 11.6 Å². The molecule has 3 rings (SSSR count). The van der Waals surface area contributed by atoms with E-state index >= 15 is 0 Å². The van der Waals surface area contributed by atoms with E-state index in [0.29, 0.717) is 6.54 Å². The van der Waals surface area contributed by atoms with Crippen molar-refractivity contribution in [3.63, 3.8) is 0 Å². The number of benzene rings is 1. The highest BCUT2D eigenvalue weighted by atomic mass is 35.5. The average molecular weight is 374 g/mol. The Morgan fingerprint density at radius 1 is 1.27 bits per heavy atom. The summed E-state index contributed by atoms with van der Waals surface area (Å²) in [6.45, 7) is 0.605. The third kappa shape index (κ3) is 3.92. The lowest BCUT2D eigenvalue weighted by molar-refractivity contribution is -0.117. The number of halogens is 1. The largest absolute Gasteiger partial charge is 0.309 e. The van der Waals surface area contributed by atoms with Crippen molar-refractivity contribution in [1.29, 1.82) is 0 Å². The highest BCUT2D eigenvalue weighted by Crippen LogP contribution is 2.26. The minimum absolute atomic E-state index is 0.134. The fraction of sp³-hybridized carbons (Fsp3) is 0.176. The van der Waals surface area contributed by atoms with E-state index < -0.39 is 11.5 Å². The van der Waals surface area contributed by atoms with Crippen molar-refractivity contribution in [2.24, 2.45) is 0 Å². The van der Waals surface area contributed by atoms with Gasteiger partial charge in [0, 0.05) is 24.4 Å². The summed E-state index contributed by atoms with van der Waals surface area (Å²) in [4.78, 5) is 37.2. The van der Waals surface area contributed by atoms with E-state index in [9.17, 15) is 14.4 Å². The second-order valence-electron chi connectivity index (χ2n) is 5.60. The van der Waals surface area contributed by atoms with Crippen LogP contribution in [0.2, 0.25) is 5.02 Å². The number of nitrogens with one attached hydrogen (secondary N) is 3. The number of nitrogens with zero attached hydrogens (tertiary/aromatic N) is 2. The van der Waals surface area contributed by atoms with E-state index in [1.54, 1.807) is 4.90 Å². The number of aryl methyl sites for hydroxylation is 1. The molecule has 0 unspecified atom stereocenters. The number of fused-ring (bicyclic) bond motifs is 1. The molecule has 9 heteroatoms. The van der Waals surface area contributed by atoms with E-state index in [4.69, 9.17) is 11.6 Å². The highest BCUT2D eigenvalue weighted by molar-refractivity contribution is 6.32. The molecule has 2 aromatic rings. The maximum Gasteiger partial charge on any atom is 0.285 e. The zero-order chi connectivity index (χ0) is 18.5. The number of para-hydroxylation sites is 1. The molecule has 3 N–H and O–H groups in total. The summed E-state index contributed by atoms with van der Waals surface area (Å²) in [5.41, 5.74) is 6.35. The first-order valence-corrected chi connectivity index (χ1v) is 8.30. The summed E-state index contributed by atoms with van der Waals surface area (Å²) in [5, 5.41) is 5.59. The van der Waals surface area contributed by atoms with Crippen LogP contribution in [-0.2, 0) is 16.0 Å². The number of H-pyrrole nitrogens is 1. The SMILES string of the molecule is O=C(/C=C/C(=O)N1CCCc2ccccc21)NNc1cn[nH]c(=O)c1Cl. The van der Waals surface area contributed by atoms with Crippen LogP contribution in [0.1, 0.15) is 12.0 Å². The Labute approximate surface area is 153 Å². The minimum Gasteiger partial charge on any atom is -0.309 e. The maximum absolute atomic E-state index is 12.4. The van der Waals surface area contributed by atoms with E-state index in [-0.39, 0.29) is 16.6 Å². The van der Waals surface area contributed by atoms with Gasteiger partial charge in [-0.1, -0.05) is 29.8 Å². The number of anilines is 2. The van der Waals surface area contributed by atoms with Gasteiger partial charge < -0.3 is 4.90 Å². The number of hydrazine groups is 1. The monoisotopic (exact) mass is 373 g/mol. The number of aromatic amines is 1. The average Bonchev–Trinajstić information content (AvgIpc) is 2.66. The molecule has 1 aliphatic heterocycles. The molecule has 1 aromatic carbocycles. The lowest BCUT2D eigenvalue weighted by Crippen LogP contribution is -2.34. The lowest BCUT2D eigenvalue weighted by atomic mass is 10.0. The number of aromatic nitrogens is 2. The fourth-order valence-corrected chi connectivity index (χ4v) is 2.78. The lowest BCUT2D eigenvalue weighted by Gasteiger charge is -2.28. The van der Waals surface area contributed by atoms with E-state index in [1.807, 2.05) is 24.3 Å². The van der Waals surface area contributed by atoms with Gasteiger partial charge in [-0.15, -0.1) is 0 Å². The second-order valence-corrected chi connectivity index (χ2v) is 5.97. The molecule has 0 saturated heterocycles. The van der Waals surface area contributed by atoms with Crippen molar-refractivity contribution in [1.82, 2.24) is 15.6 Å². The van der Waals surface area contributed by atoms with Gasteiger partial charge in [0.2, 0.25) is 0 Å². The van der Waals surface area contributed by atoms with Crippen LogP contribution in [-0.4, -0.2) is 28.6 Å². The van der Waals surface area contributed by atoms with Crippen molar-refractivity contribution in [2.45, 2.75) is 12.8 Å². The summed E-state index contributed by atoms with van der Waals surface area (Å²) in [6.07, 6.45) is 5.37. The first-order chi connectivity index (χ1) is 12.6. The molecule has 1 aliphatic rings. The Morgan fingerprint density at radius 2 is 2.08 bits per heavy atom. The van der Waals surface area contributed by atoms with Crippen LogP contribution in [0.4, 0.5) is 11.4 Å². The summed E-state index contributed by atoms with van der Waals surface area (Å²) >= 11 is 5.78. The zero-order valence-corrected chi connectivity index (χ0v) is 14.4. The number of amides is 2. The minimum atomic E-state index is -0.583. The van der Waals surface area contributed by atoms with Crippen molar-refractivity contribution in [2.75, 3.05) is 16.9 Å². The standard InChI is InChI=1S/C17H16ClN5O3/c18-16-12(10-19-22-17(16)26)20-21-14(24)7-8-15(25)23-9-3-5-11-4-1-2-6-13(11)23/h1-2,4,6-8,10H,3,5,9H2,(H,21,24)(H2,20,22,26)/b8-7+. The molecule has 134 valence electrons. The molecule has 0 saturated carbocycles. The van der Waals surface area contributed by atoms with E-state index in [0.717, 1.165) is 30.2 Å². The van der Waals surface area contributed by atoms with Gasteiger partial charge in [-0.25, -0.2) is 5.10 Å². The van der Waals surface area contributed by atoms with Gasteiger partial charge >= 0.3 is 0 Å². The molecule has 1 aromatic heterocycles. The Bertz CT molecular complexity index is 925. The third-order valence-corrected chi connectivity index (χ3v) is 4.24. The Balaban J connectivity index is 1.61. The van der Waals surface area contributed by atoms with Gasteiger partial charge in [-0.3, -0.25) is 25.2 Å². The normalized spacial score (nSPS) is 13.3. The number of carbonyl (C=O) groups excluding carboxylic acids is 2. The summed E-state index contributed by atoms with van der Waals surface area (Å²) in [7, 11) is 0. The van der Waals surface area contributed by atoms with Crippen molar-refractivity contribution in [3.05, 3.63) is 63.6 Å². The van der Waals surface area contributed by atoms with Crippen LogP contribution in [0.25, 0.3) is 0 Å². The van der Waals surface area contributed by atoms with Crippen molar-refractivity contribution in [3.8, 4) is 0 Å². The number of hydrogen-bond donors (Lipinski definition) is 3. The predicted molar refractivity (Wildman–Crippen MR) is 97.9 cm³/mol. The highest BCUT2D eigenvalue weighted by Gasteiger charge is 2.20. The molecular formula is C17H16ClN5O3. The molecular weight excluding hydrogens is 358 g/mol. The summed E-state index contributed by atoms with van der Waals surface area (Å²) < 4.78 is 0. The zero-order valence-electron chi connectivity index (χ0n) is 13.7. The van der Waals surface area contributed by atoms with E-state index in [2.05, 4.69) is 21.0 Å². The quantitative estimate of drug-likeness (QED) is 0.554. The van der Waals surface area contributed by atoms with Crippen LogP contribution in [0.15, 0.2) is 47.4 Å². The Kier molecular flexibility index (Phi) is 5.33.